The molecule has 0 saturated heterocycles. The molecule has 2 heteroatoms. The predicted octanol–water partition coefficient (Wildman–Crippen LogP) is 4.53. The van der Waals surface area contributed by atoms with E-state index in [-0.39, 0.29) is 11.7 Å². The molecule has 0 fully saturated rings. The van der Waals surface area contributed by atoms with Gasteiger partial charge in [-0.3, -0.25) is 4.79 Å². The Morgan fingerprint density at radius 2 is 1.64 bits per heavy atom. The van der Waals surface area contributed by atoms with E-state index in [9.17, 15) is 4.79 Å². The Morgan fingerprint density at radius 1 is 1.00 bits per heavy atom. The summed E-state index contributed by atoms with van der Waals surface area (Å²) in [6.07, 6.45) is 1.09. The average Bonchev–Trinajstić information content (AvgIpc) is 2.54. The summed E-state index contributed by atoms with van der Waals surface area (Å²) < 4.78 is 5.36. The molecule has 0 spiro atoms. The molecule has 0 amide bonds. The van der Waals surface area contributed by atoms with Crippen molar-refractivity contribution < 1.29 is 9.53 Å². The summed E-state index contributed by atoms with van der Waals surface area (Å²) in [7, 11) is 0. The molecule has 1 atom stereocenters. The van der Waals surface area contributed by atoms with Crippen LogP contribution in [0.1, 0.15) is 25.8 Å². The lowest BCUT2D eigenvalue weighted by Gasteiger charge is -2.10. The van der Waals surface area contributed by atoms with Crippen molar-refractivity contribution in [3.8, 4) is 11.1 Å². The highest BCUT2D eigenvalue weighted by molar-refractivity contribution is 5.81. The van der Waals surface area contributed by atoms with Crippen LogP contribution in [0.4, 0.5) is 0 Å². The molecular formula is C20H24O2. The zero-order valence-corrected chi connectivity index (χ0v) is 13.4. The van der Waals surface area contributed by atoms with Crippen LogP contribution in [0.2, 0.25) is 0 Å². The highest BCUT2D eigenvalue weighted by Gasteiger charge is 2.10. The van der Waals surface area contributed by atoms with Gasteiger partial charge in [0, 0.05) is 26.1 Å². The molecule has 2 aromatic rings. The monoisotopic (exact) mass is 296 g/mol. The number of benzene rings is 2. The number of carbonyl (C=O) groups excluding carboxylic acids is 1. The second kappa shape index (κ2) is 8.50. The van der Waals surface area contributed by atoms with Gasteiger partial charge in [-0.1, -0.05) is 61.5 Å². The Labute approximate surface area is 133 Å². The summed E-state index contributed by atoms with van der Waals surface area (Å²) in [6, 6.07) is 18.5. The van der Waals surface area contributed by atoms with Crippen molar-refractivity contribution in [2.75, 3.05) is 13.2 Å². The number of hydrogen-bond acceptors (Lipinski definition) is 2. The zero-order chi connectivity index (χ0) is 15.8. The van der Waals surface area contributed by atoms with Crippen molar-refractivity contribution in [1.29, 1.82) is 0 Å². The van der Waals surface area contributed by atoms with Gasteiger partial charge in [0.2, 0.25) is 0 Å². The number of carbonyl (C=O) groups is 1. The van der Waals surface area contributed by atoms with Crippen LogP contribution in [0.3, 0.4) is 0 Å². The molecule has 0 bridgehead atoms. The maximum atomic E-state index is 12.1. The van der Waals surface area contributed by atoms with Gasteiger partial charge in [-0.2, -0.15) is 0 Å². The fourth-order valence-electron chi connectivity index (χ4n) is 2.51. The molecule has 0 heterocycles. The van der Waals surface area contributed by atoms with Crippen molar-refractivity contribution in [2.24, 2.45) is 5.92 Å². The molecule has 0 unspecified atom stereocenters. The smallest absolute Gasteiger partial charge is 0.137 e. The molecule has 0 N–H and O–H groups in total. The van der Waals surface area contributed by atoms with Gasteiger partial charge in [-0.05, 0) is 29.5 Å². The van der Waals surface area contributed by atoms with Gasteiger partial charge in [0.05, 0.1) is 0 Å². The molecule has 2 rings (SSSR count). The second-order valence-electron chi connectivity index (χ2n) is 5.75. The van der Waals surface area contributed by atoms with E-state index < -0.39 is 0 Å². The number of hydrogen-bond donors (Lipinski definition) is 0. The molecule has 2 aromatic carbocycles. The lowest BCUT2D eigenvalue weighted by molar-refractivity contribution is -0.119. The minimum atomic E-state index is 0.277. The zero-order valence-electron chi connectivity index (χ0n) is 13.4. The topological polar surface area (TPSA) is 26.3 Å². The van der Waals surface area contributed by atoms with E-state index in [4.69, 9.17) is 4.74 Å². The van der Waals surface area contributed by atoms with Crippen molar-refractivity contribution in [2.45, 2.75) is 26.7 Å². The van der Waals surface area contributed by atoms with Crippen molar-refractivity contribution >= 4 is 5.78 Å². The van der Waals surface area contributed by atoms with Crippen LogP contribution < -0.4 is 0 Å². The normalized spacial score (nSPS) is 12.1. The third-order valence-corrected chi connectivity index (χ3v) is 3.64. The van der Waals surface area contributed by atoms with E-state index in [0.717, 1.165) is 5.56 Å². The SMILES string of the molecule is CCOC[C@H](C)CC(=O)Cc1ccc(-c2ccccc2)cc1. The lowest BCUT2D eigenvalue weighted by Crippen LogP contribution is -2.13. The summed E-state index contributed by atoms with van der Waals surface area (Å²) in [5, 5.41) is 0. The van der Waals surface area contributed by atoms with Gasteiger partial charge < -0.3 is 4.74 Å². The molecule has 2 nitrogen and oxygen atoms in total. The fraction of sp³-hybridized carbons (Fsp3) is 0.350. The first-order chi connectivity index (χ1) is 10.7. The Bertz CT molecular complexity index is 572. The largest absolute Gasteiger partial charge is 0.381 e. The van der Waals surface area contributed by atoms with Crippen LogP contribution in [-0.4, -0.2) is 19.0 Å². The van der Waals surface area contributed by atoms with Crippen LogP contribution >= 0.6 is 0 Å². The van der Waals surface area contributed by atoms with E-state index in [0.29, 0.717) is 26.1 Å². The number of ether oxygens (including phenoxy) is 1. The fourth-order valence-corrected chi connectivity index (χ4v) is 2.51. The van der Waals surface area contributed by atoms with Gasteiger partial charge in [0.15, 0.2) is 0 Å². The van der Waals surface area contributed by atoms with Crippen LogP contribution in [0.15, 0.2) is 54.6 Å². The highest BCUT2D eigenvalue weighted by Crippen LogP contribution is 2.19. The second-order valence-corrected chi connectivity index (χ2v) is 5.75. The van der Waals surface area contributed by atoms with Crippen molar-refractivity contribution in [1.82, 2.24) is 0 Å². The predicted molar refractivity (Wildman–Crippen MR) is 90.9 cm³/mol. The summed E-state index contributed by atoms with van der Waals surface area (Å²) in [6.45, 7) is 5.41. The van der Waals surface area contributed by atoms with E-state index in [1.807, 2.05) is 37.3 Å². The van der Waals surface area contributed by atoms with Crippen LogP contribution in [-0.2, 0) is 16.0 Å². The van der Waals surface area contributed by atoms with Crippen LogP contribution in [0.5, 0.6) is 0 Å². The Morgan fingerprint density at radius 3 is 2.27 bits per heavy atom. The molecule has 0 aromatic heterocycles. The third kappa shape index (κ3) is 5.12. The number of rotatable bonds is 8. The summed E-state index contributed by atoms with van der Waals surface area (Å²) in [4.78, 5) is 12.1. The molecule has 0 radical (unpaired) electrons. The van der Waals surface area contributed by atoms with Crippen molar-refractivity contribution in [3.05, 3.63) is 60.2 Å². The van der Waals surface area contributed by atoms with Crippen LogP contribution in [0.25, 0.3) is 11.1 Å². The number of Topliss-reactive ketones (excluding diaryl/α,β-unsaturated/α-hetero) is 1. The minimum Gasteiger partial charge on any atom is -0.381 e. The standard InChI is InChI=1S/C20H24O2/c1-3-22-15-16(2)13-20(21)14-17-9-11-19(12-10-17)18-7-5-4-6-8-18/h4-12,16H,3,13-15H2,1-2H3/t16-/m1/s1. The van der Waals surface area contributed by atoms with Gasteiger partial charge in [-0.15, -0.1) is 0 Å². The summed E-state index contributed by atoms with van der Waals surface area (Å²) >= 11 is 0. The van der Waals surface area contributed by atoms with E-state index in [2.05, 4.69) is 31.2 Å². The van der Waals surface area contributed by atoms with E-state index in [1.54, 1.807) is 0 Å². The van der Waals surface area contributed by atoms with Gasteiger partial charge >= 0.3 is 0 Å². The molecule has 0 aliphatic rings. The van der Waals surface area contributed by atoms with Gasteiger partial charge in [0.25, 0.3) is 0 Å². The van der Waals surface area contributed by atoms with Gasteiger partial charge in [-0.25, -0.2) is 0 Å². The first kappa shape index (κ1) is 16.4. The molecule has 22 heavy (non-hydrogen) atoms. The van der Waals surface area contributed by atoms with E-state index in [1.165, 1.54) is 11.1 Å². The maximum Gasteiger partial charge on any atom is 0.137 e. The first-order valence-corrected chi connectivity index (χ1v) is 7.93. The minimum absolute atomic E-state index is 0.277. The Kier molecular flexibility index (Phi) is 6.35. The quantitative estimate of drug-likeness (QED) is 0.715. The Hall–Kier alpha value is -1.93. The summed E-state index contributed by atoms with van der Waals surface area (Å²) in [5.74, 6) is 0.565. The molecular weight excluding hydrogens is 272 g/mol. The highest BCUT2D eigenvalue weighted by atomic mass is 16.5. The average molecular weight is 296 g/mol. The van der Waals surface area contributed by atoms with Crippen LogP contribution in [0, 0.1) is 5.92 Å². The molecule has 0 aliphatic carbocycles. The first-order valence-electron chi connectivity index (χ1n) is 7.93. The molecule has 116 valence electrons. The lowest BCUT2D eigenvalue weighted by atomic mass is 9.98. The molecule has 0 saturated carbocycles. The Balaban J connectivity index is 1.90. The van der Waals surface area contributed by atoms with Crippen molar-refractivity contribution in [3.63, 3.8) is 0 Å². The maximum absolute atomic E-state index is 12.1. The van der Waals surface area contributed by atoms with E-state index >= 15 is 0 Å². The number of ketones is 1. The summed E-state index contributed by atoms with van der Waals surface area (Å²) in [5.41, 5.74) is 3.46. The van der Waals surface area contributed by atoms with Gasteiger partial charge in [0.1, 0.15) is 5.78 Å². The third-order valence-electron chi connectivity index (χ3n) is 3.64. The molecule has 0 aliphatic heterocycles.